The summed E-state index contributed by atoms with van der Waals surface area (Å²) in [5.74, 6) is -0.512. The number of aromatic amines is 1. The molecule has 0 radical (unpaired) electrons. The predicted molar refractivity (Wildman–Crippen MR) is 80.8 cm³/mol. The molecule has 4 nitrogen and oxygen atoms in total. The average molecular weight is 304 g/mol. The zero-order chi connectivity index (χ0) is 15.1. The minimum atomic E-state index is -0.344. The van der Waals surface area contributed by atoms with E-state index in [1.807, 2.05) is 6.26 Å². The Morgan fingerprint density at radius 1 is 1.24 bits per heavy atom. The number of rotatable bonds is 2. The van der Waals surface area contributed by atoms with Gasteiger partial charge in [0.25, 0.3) is 5.91 Å². The van der Waals surface area contributed by atoms with Crippen LogP contribution in [0, 0.1) is 5.82 Å². The van der Waals surface area contributed by atoms with Crippen LogP contribution in [0.1, 0.15) is 21.3 Å². The van der Waals surface area contributed by atoms with E-state index in [0.717, 1.165) is 5.56 Å². The highest BCUT2D eigenvalue weighted by molar-refractivity contribution is 7.98. The molecule has 1 N–H and O–H groups in total. The largest absolute Gasteiger partial charge is 0.325 e. The van der Waals surface area contributed by atoms with Gasteiger partial charge in [-0.3, -0.25) is 9.59 Å². The van der Waals surface area contributed by atoms with Crippen molar-refractivity contribution in [2.45, 2.75) is 5.37 Å². The maximum atomic E-state index is 13.1. The molecule has 3 rings (SSSR count). The first-order valence-electron chi connectivity index (χ1n) is 6.36. The number of benzene rings is 1. The SMILES string of the molecule is CS[C@H]1c2c(cc(=O)[nH]c2-c2ccc(F)cc2)C(=O)N1C. The van der Waals surface area contributed by atoms with Crippen molar-refractivity contribution in [2.24, 2.45) is 0 Å². The Bertz CT molecular complexity index is 770. The maximum Gasteiger partial charge on any atom is 0.255 e. The highest BCUT2D eigenvalue weighted by Crippen LogP contribution is 2.42. The number of hydrogen-bond donors (Lipinski definition) is 1. The number of carbonyl (C=O) groups is 1. The monoisotopic (exact) mass is 304 g/mol. The van der Waals surface area contributed by atoms with Crippen LogP contribution in [0.3, 0.4) is 0 Å². The van der Waals surface area contributed by atoms with Crippen molar-refractivity contribution in [1.82, 2.24) is 9.88 Å². The summed E-state index contributed by atoms with van der Waals surface area (Å²) in [6.07, 6.45) is 1.91. The number of aromatic nitrogens is 1. The molecule has 0 spiro atoms. The number of hydrogen-bond acceptors (Lipinski definition) is 3. The fourth-order valence-corrected chi connectivity index (χ4v) is 3.51. The first-order chi connectivity index (χ1) is 10.0. The minimum absolute atomic E-state index is 0.163. The molecule has 2 heterocycles. The Morgan fingerprint density at radius 3 is 2.52 bits per heavy atom. The number of H-pyrrole nitrogens is 1. The molecule has 1 aromatic heterocycles. The van der Waals surface area contributed by atoms with Crippen LogP contribution in [0.15, 0.2) is 35.1 Å². The molecule has 0 bridgehead atoms. The van der Waals surface area contributed by atoms with Gasteiger partial charge in [-0.2, -0.15) is 0 Å². The summed E-state index contributed by atoms with van der Waals surface area (Å²) >= 11 is 1.51. The van der Waals surface area contributed by atoms with Gasteiger partial charge in [-0.15, -0.1) is 11.8 Å². The smallest absolute Gasteiger partial charge is 0.255 e. The second-order valence-electron chi connectivity index (χ2n) is 4.85. The second kappa shape index (κ2) is 5.04. The van der Waals surface area contributed by atoms with E-state index in [0.29, 0.717) is 16.8 Å². The van der Waals surface area contributed by atoms with Gasteiger partial charge in [-0.05, 0) is 36.1 Å². The number of fused-ring (bicyclic) bond motifs is 1. The molecule has 108 valence electrons. The lowest BCUT2D eigenvalue weighted by molar-refractivity contribution is 0.0813. The van der Waals surface area contributed by atoms with Gasteiger partial charge in [-0.25, -0.2) is 4.39 Å². The standard InChI is InChI=1S/C15H13FN2O2S/c1-18-14(20)10-7-11(19)17-13(12(10)15(18)21-2)8-3-5-9(16)6-4-8/h3-7,15H,1-2H3,(H,17,19)/t15-/m0/s1. The first-order valence-corrected chi connectivity index (χ1v) is 7.65. The Hall–Kier alpha value is -2.08. The molecule has 1 amide bonds. The summed E-state index contributed by atoms with van der Waals surface area (Å²) in [6.45, 7) is 0. The molecule has 21 heavy (non-hydrogen) atoms. The summed E-state index contributed by atoms with van der Waals surface area (Å²) < 4.78 is 13.1. The molecule has 0 fully saturated rings. The van der Waals surface area contributed by atoms with Crippen molar-refractivity contribution >= 4 is 17.7 Å². The number of halogens is 1. The Morgan fingerprint density at radius 2 is 1.90 bits per heavy atom. The summed E-state index contributed by atoms with van der Waals surface area (Å²) in [4.78, 5) is 28.5. The first kappa shape index (κ1) is 13.9. The summed E-state index contributed by atoms with van der Waals surface area (Å²) in [5.41, 5.74) is 2.12. The molecular weight excluding hydrogens is 291 g/mol. The number of pyridine rings is 1. The van der Waals surface area contributed by atoms with Crippen LogP contribution < -0.4 is 5.56 Å². The van der Waals surface area contributed by atoms with E-state index < -0.39 is 0 Å². The fourth-order valence-electron chi connectivity index (χ4n) is 2.61. The topological polar surface area (TPSA) is 53.2 Å². The third-order valence-corrected chi connectivity index (χ3v) is 4.59. The molecule has 1 atom stereocenters. The quantitative estimate of drug-likeness (QED) is 0.928. The van der Waals surface area contributed by atoms with Crippen LogP contribution in [0.2, 0.25) is 0 Å². The highest BCUT2D eigenvalue weighted by Gasteiger charge is 2.36. The van der Waals surface area contributed by atoms with Crippen molar-refractivity contribution in [2.75, 3.05) is 13.3 Å². The van der Waals surface area contributed by atoms with Crippen LogP contribution in [-0.2, 0) is 0 Å². The molecule has 1 aliphatic rings. The zero-order valence-corrected chi connectivity index (χ0v) is 12.3. The number of nitrogens with zero attached hydrogens (tertiary/aromatic N) is 1. The van der Waals surface area contributed by atoms with Gasteiger partial charge in [0, 0.05) is 18.7 Å². The highest BCUT2D eigenvalue weighted by atomic mass is 32.2. The number of nitrogens with one attached hydrogen (secondary N) is 1. The molecule has 0 unspecified atom stereocenters. The summed E-state index contributed by atoms with van der Waals surface area (Å²) in [7, 11) is 1.71. The van der Waals surface area contributed by atoms with E-state index in [4.69, 9.17) is 0 Å². The number of carbonyl (C=O) groups excluding carboxylic acids is 1. The maximum absolute atomic E-state index is 13.1. The van der Waals surface area contributed by atoms with Gasteiger partial charge < -0.3 is 9.88 Å². The van der Waals surface area contributed by atoms with Crippen LogP contribution >= 0.6 is 11.8 Å². The lowest BCUT2D eigenvalue weighted by atomic mass is 10.0. The zero-order valence-electron chi connectivity index (χ0n) is 11.5. The van der Waals surface area contributed by atoms with Gasteiger partial charge in [-0.1, -0.05) is 0 Å². The third-order valence-electron chi connectivity index (χ3n) is 3.59. The molecule has 0 saturated heterocycles. The lowest BCUT2D eigenvalue weighted by Gasteiger charge is -2.19. The van der Waals surface area contributed by atoms with Crippen molar-refractivity contribution < 1.29 is 9.18 Å². The van der Waals surface area contributed by atoms with Crippen molar-refractivity contribution in [3.63, 3.8) is 0 Å². The molecule has 1 aliphatic heterocycles. The summed E-state index contributed by atoms with van der Waals surface area (Å²) in [5, 5.41) is -0.163. The van der Waals surface area contributed by atoms with Crippen LogP contribution in [-0.4, -0.2) is 29.1 Å². The van der Waals surface area contributed by atoms with Crippen molar-refractivity contribution in [1.29, 1.82) is 0 Å². The van der Waals surface area contributed by atoms with Crippen molar-refractivity contribution in [3.05, 3.63) is 57.6 Å². The van der Waals surface area contributed by atoms with E-state index >= 15 is 0 Å². The predicted octanol–water partition coefficient (Wildman–Crippen LogP) is 2.63. The van der Waals surface area contributed by atoms with E-state index in [9.17, 15) is 14.0 Å². The Balaban J connectivity index is 2.28. The van der Waals surface area contributed by atoms with Gasteiger partial charge >= 0.3 is 0 Å². The molecule has 0 saturated carbocycles. The van der Waals surface area contributed by atoms with E-state index in [1.54, 1.807) is 24.1 Å². The Labute approximate surface area is 125 Å². The third kappa shape index (κ3) is 2.15. The lowest BCUT2D eigenvalue weighted by Crippen LogP contribution is -2.21. The fraction of sp³-hybridized carbons (Fsp3) is 0.200. The summed E-state index contributed by atoms with van der Waals surface area (Å²) in [6, 6.07) is 7.20. The number of amides is 1. The second-order valence-corrected chi connectivity index (χ2v) is 5.76. The molecule has 6 heteroatoms. The molecule has 2 aromatic rings. The Kier molecular flexibility index (Phi) is 3.33. The van der Waals surface area contributed by atoms with Crippen LogP contribution in [0.4, 0.5) is 4.39 Å². The van der Waals surface area contributed by atoms with Gasteiger partial charge in [0.15, 0.2) is 0 Å². The molecule has 0 aliphatic carbocycles. The van der Waals surface area contributed by atoms with Crippen LogP contribution in [0.25, 0.3) is 11.3 Å². The van der Waals surface area contributed by atoms with Gasteiger partial charge in [0.2, 0.25) is 5.56 Å². The molecular formula is C15H13FN2O2S. The van der Waals surface area contributed by atoms with Crippen molar-refractivity contribution in [3.8, 4) is 11.3 Å². The normalized spacial score (nSPS) is 17.2. The van der Waals surface area contributed by atoms with E-state index in [-0.39, 0.29) is 22.7 Å². The minimum Gasteiger partial charge on any atom is -0.325 e. The molecule has 1 aromatic carbocycles. The van der Waals surface area contributed by atoms with E-state index in [1.165, 1.54) is 30.0 Å². The van der Waals surface area contributed by atoms with Gasteiger partial charge in [0.05, 0.1) is 11.3 Å². The van der Waals surface area contributed by atoms with Gasteiger partial charge in [0.1, 0.15) is 11.2 Å². The number of thioether (sulfide) groups is 1. The van der Waals surface area contributed by atoms with E-state index in [2.05, 4.69) is 4.98 Å². The van der Waals surface area contributed by atoms with Crippen LogP contribution in [0.5, 0.6) is 0 Å². The average Bonchev–Trinajstić information content (AvgIpc) is 2.71.